The Morgan fingerprint density at radius 3 is 2.65 bits per heavy atom. The highest BCUT2D eigenvalue weighted by molar-refractivity contribution is 7.89. The van der Waals surface area contributed by atoms with E-state index in [-0.39, 0.29) is 22.9 Å². The van der Waals surface area contributed by atoms with Crippen LogP contribution in [-0.2, 0) is 10.0 Å². The second kappa shape index (κ2) is 7.80. The molecule has 0 atom stereocenters. The van der Waals surface area contributed by atoms with E-state index in [1.54, 1.807) is 28.1 Å². The molecule has 2 saturated carbocycles. The Morgan fingerprint density at radius 2 is 1.97 bits per heavy atom. The third-order valence-corrected chi connectivity index (χ3v) is 8.50. The van der Waals surface area contributed by atoms with Crippen molar-refractivity contribution < 1.29 is 18.3 Å². The van der Waals surface area contributed by atoms with Crippen molar-refractivity contribution in [2.75, 3.05) is 7.11 Å². The number of methoxy groups -OCH3 is 1. The van der Waals surface area contributed by atoms with Crippen LogP contribution in [0.15, 0.2) is 17.2 Å². The van der Waals surface area contributed by atoms with Crippen LogP contribution in [0.3, 0.4) is 0 Å². The molecule has 0 amide bonds. The van der Waals surface area contributed by atoms with Gasteiger partial charge in [-0.15, -0.1) is 0 Å². The van der Waals surface area contributed by atoms with Crippen LogP contribution < -0.4 is 9.46 Å². The first-order valence-corrected chi connectivity index (χ1v) is 12.8. The Hall–Kier alpha value is -2.08. The maximum absolute atomic E-state index is 13.2. The lowest BCUT2D eigenvalue weighted by atomic mass is 9.94. The van der Waals surface area contributed by atoms with E-state index in [1.807, 2.05) is 6.92 Å². The molecule has 3 aromatic rings. The lowest BCUT2D eigenvalue weighted by Gasteiger charge is -2.26. The van der Waals surface area contributed by atoms with Crippen molar-refractivity contribution in [2.45, 2.75) is 68.4 Å². The van der Waals surface area contributed by atoms with Gasteiger partial charge >= 0.3 is 0 Å². The van der Waals surface area contributed by atoms with Gasteiger partial charge in [0.2, 0.25) is 20.9 Å². The third-order valence-electron chi connectivity index (χ3n) is 5.91. The fourth-order valence-corrected chi connectivity index (χ4v) is 6.64. The minimum Gasteiger partial charge on any atom is -0.480 e. The van der Waals surface area contributed by atoms with Gasteiger partial charge in [0.15, 0.2) is 0 Å². The average molecular weight is 464 g/mol. The summed E-state index contributed by atoms with van der Waals surface area (Å²) in [6.45, 7) is 1.89. The van der Waals surface area contributed by atoms with Crippen molar-refractivity contribution in [3.05, 3.63) is 23.0 Å². The maximum Gasteiger partial charge on any atom is 0.246 e. The minimum absolute atomic E-state index is 0.00869. The molecule has 2 aliphatic rings. The van der Waals surface area contributed by atoms with Crippen LogP contribution in [-0.4, -0.2) is 52.4 Å². The van der Waals surface area contributed by atoms with Crippen LogP contribution >= 0.6 is 11.3 Å². The summed E-state index contributed by atoms with van der Waals surface area (Å²) in [6, 6.07) is 1.36. The number of sulfonamides is 1. The predicted octanol–water partition coefficient (Wildman–Crippen LogP) is 2.63. The molecule has 11 heteroatoms. The number of hydrogen-bond donors (Lipinski definition) is 2. The molecule has 2 aliphatic carbocycles. The van der Waals surface area contributed by atoms with Crippen LogP contribution in [0.1, 0.15) is 55.1 Å². The molecule has 5 rings (SSSR count). The molecule has 0 unspecified atom stereocenters. The van der Waals surface area contributed by atoms with E-state index >= 15 is 0 Å². The number of nitrogens with zero attached hydrogens (tertiary/aromatic N) is 4. The number of hydrogen-bond acceptors (Lipinski definition) is 8. The van der Waals surface area contributed by atoms with E-state index in [4.69, 9.17) is 9.84 Å². The van der Waals surface area contributed by atoms with Gasteiger partial charge in [0.25, 0.3) is 0 Å². The summed E-state index contributed by atoms with van der Waals surface area (Å²) in [5.41, 5.74) is 2.13. The van der Waals surface area contributed by atoms with Gasteiger partial charge in [-0.2, -0.15) is 5.10 Å². The Labute approximate surface area is 184 Å². The van der Waals surface area contributed by atoms with Crippen molar-refractivity contribution in [1.82, 2.24) is 24.3 Å². The van der Waals surface area contributed by atoms with E-state index in [9.17, 15) is 13.5 Å². The number of ether oxygens (including phenoxy) is 1. The fraction of sp³-hybridized carbons (Fsp3) is 0.550. The van der Waals surface area contributed by atoms with Gasteiger partial charge in [0.1, 0.15) is 9.90 Å². The van der Waals surface area contributed by atoms with E-state index in [1.165, 1.54) is 7.11 Å². The van der Waals surface area contributed by atoms with Crippen molar-refractivity contribution >= 4 is 26.3 Å². The first kappa shape index (κ1) is 20.8. The second-order valence-electron chi connectivity index (χ2n) is 8.31. The Morgan fingerprint density at radius 1 is 1.23 bits per heavy atom. The lowest BCUT2D eigenvalue weighted by molar-refractivity contribution is 0.120. The van der Waals surface area contributed by atoms with E-state index in [2.05, 4.69) is 14.7 Å². The van der Waals surface area contributed by atoms with Gasteiger partial charge in [0, 0.05) is 23.7 Å². The number of nitrogens with one attached hydrogen (secondary N) is 1. The molecule has 9 nitrogen and oxygen atoms in total. The van der Waals surface area contributed by atoms with Gasteiger partial charge in [-0.3, -0.25) is 0 Å². The summed E-state index contributed by atoms with van der Waals surface area (Å²) in [7, 11) is -2.46. The Bertz CT molecular complexity index is 1220. The number of aromatic nitrogens is 4. The second-order valence-corrected chi connectivity index (χ2v) is 11.0. The highest BCUT2D eigenvalue weighted by atomic mass is 32.2. The lowest BCUT2D eigenvalue weighted by Crippen LogP contribution is -2.38. The standard InChI is InChI=1S/C20H25N5O4S2/c1-11-17(25-20(22-11)30-19(23-25)12-3-4-12)13-9-16(18(29-2)21-10-13)31(27,28)24-14-5-7-15(26)8-6-14/h9-10,12,14-15,24,26H,3-8H2,1-2H3/t14-,15+. The van der Waals surface area contributed by atoms with E-state index < -0.39 is 10.0 Å². The number of aliphatic hydroxyl groups excluding tert-OH is 1. The molecule has 0 aromatic carbocycles. The zero-order valence-electron chi connectivity index (χ0n) is 17.4. The minimum atomic E-state index is -3.86. The largest absolute Gasteiger partial charge is 0.480 e. The monoisotopic (exact) mass is 463 g/mol. The molecule has 3 aromatic heterocycles. The van der Waals surface area contributed by atoms with Gasteiger partial charge < -0.3 is 9.84 Å². The molecule has 3 heterocycles. The summed E-state index contributed by atoms with van der Waals surface area (Å²) in [6.07, 6.45) is 5.92. The van der Waals surface area contributed by atoms with Gasteiger partial charge in [-0.05, 0) is 51.5 Å². The number of imidazole rings is 1. The summed E-state index contributed by atoms with van der Waals surface area (Å²) >= 11 is 1.58. The predicted molar refractivity (Wildman–Crippen MR) is 116 cm³/mol. The molecule has 0 spiro atoms. The fourth-order valence-electron chi connectivity index (χ4n) is 4.07. The van der Waals surface area contributed by atoms with Gasteiger partial charge in [0.05, 0.1) is 24.6 Å². The number of aliphatic hydroxyl groups is 1. The summed E-state index contributed by atoms with van der Waals surface area (Å²) in [5.74, 6) is 0.561. The first-order chi connectivity index (χ1) is 14.9. The molecule has 0 saturated heterocycles. The highest BCUT2D eigenvalue weighted by Gasteiger charge is 2.31. The molecule has 2 N–H and O–H groups in total. The van der Waals surface area contributed by atoms with Crippen LogP contribution in [0.25, 0.3) is 16.2 Å². The maximum atomic E-state index is 13.2. The zero-order chi connectivity index (χ0) is 21.8. The number of rotatable bonds is 6. The first-order valence-electron chi connectivity index (χ1n) is 10.5. The molecule has 0 bridgehead atoms. The van der Waals surface area contributed by atoms with Crippen molar-refractivity contribution in [3.63, 3.8) is 0 Å². The van der Waals surface area contributed by atoms with Gasteiger partial charge in [-0.25, -0.2) is 27.6 Å². The summed E-state index contributed by atoms with van der Waals surface area (Å²) in [5, 5.41) is 15.5. The van der Waals surface area contributed by atoms with Gasteiger partial charge in [-0.1, -0.05) is 11.3 Å². The Balaban J connectivity index is 1.53. The summed E-state index contributed by atoms with van der Waals surface area (Å²) in [4.78, 5) is 9.70. The zero-order valence-corrected chi connectivity index (χ0v) is 19.0. The average Bonchev–Trinajstić information content (AvgIpc) is 3.44. The molecule has 31 heavy (non-hydrogen) atoms. The topological polar surface area (TPSA) is 119 Å². The van der Waals surface area contributed by atoms with E-state index in [0.717, 1.165) is 34.2 Å². The van der Waals surface area contributed by atoms with E-state index in [0.29, 0.717) is 37.2 Å². The van der Waals surface area contributed by atoms with Crippen molar-refractivity contribution in [1.29, 1.82) is 0 Å². The highest BCUT2D eigenvalue weighted by Crippen LogP contribution is 2.42. The smallest absolute Gasteiger partial charge is 0.246 e. The van der Waals surface area contributed by atoms with Crippen molar-refractivity contribution in [3.8, 4) is 17.1 Å². The Kier molecular flexibility index (Phi) is 5.24. The number of aryl methyl sites for hydroxylation is 1. The SMILES string of the molecule is COc1ncc(-c2c(C)nc3sc(C4CC4)nn23)cc1S(=O)(=O)N[C@H]1CC[C@@H](O)CC1. The molecule has 166 valence electrons. The van der Waals surface area contributed by atoms with Crippen LogP contribution in [0, 0.1) is 6.92 Å². The van der Waals surface area contributed by atoms with Crippen LogP contribution in [0.5, 0.6) is 5.88 Å². The van der Waals surface area contributed by atoms with Crippen LogP contribution in [0.2, 0.25) is 0 Å². The molecule has 2 fully saturated rings. The van der Waals surface area contributed by atoms with Crippen molar-refractivity contribution in [2.24, 2.45) is 0 Å². The van der Waals surface area contributed by atoms with Crippen LogP contribution in [0.4, 0.5) is 0 Å². The molecule has 0 aliphatic heterocycles. The molecule has 0 radical (unpaired) electrons. The summed E-state index contributed by atoms with van der Waals surface area (Å²) < 4.78 is 36.2. The number of fused-ring (bicyclic) bond motifs is 1. The molecular weight excluding hydrogens is 438 g/mol. The normalized spacial score (nSPS) is 22.2. The molecular formula is C20H25N5O4S2. The number of pyridine rings is 1. The quantitative estimate of drug-likeness (QED) is 0.577. The third kappa shape index (κ3) is 3.95.